The lowest BCUT2D eigenvalue weighted by atomic mass is 10.1. The zero-order valence-electron chi connectivity index (χ0n) is 16.3. The predicted octanol–water partition coefficient (Wildman–Crippen LogP) is 4.41. The number of nitrogens with one attached hydrogen (secondary N) is 1. The molecule has 1 N–H and O–H groups in total. The molecule has 1 aromatic heterocycles. The van der Waals surface area contributed by atoms with Crippen LogP contribution in [0.3, 0.4) is 0 Å². The molecule has 0 aliphatic carbocycles. The molecule has 2 heterocycles. The summed E-state index contributed by atoms with van der Waals surface area (Å²) in [5.41, 5.74) is 3.30. The zero-order chi connectivity index (χ0) is 19.2. The van der Waals surface area contributed by atoms with Crippen molar-refractivity contribution in [2.45, 2.75) is 19.3 Å². The Bertz CT molecular complexity index is 907. The summed E-state index contributed by atoms with van der Waals surface area (Å²) >= 11 is 0. The summed E-state index contributed by atoms with van der Waals surface area (Å²) in [6.07, 6.45) is 3.34. The molecule has 3 aromatic rings. The first-order valence-corrected chi connectivity index (χ1v) is 9.88. The van der Waals surface area contributed by atoms with E-state index in [1.165, 1.54) is 18.4 Å². The number of aromatic nitrogens is 2. The fourth-order valence-corrected chi connectivity index (χ4v) is 3.53. The van der Waals surface area contributed by atoms with Crippen LogP contribution < -0.4 is 15.0 Å². The van der Waals surface area contributed by atoms with Crippen LogP contribution in [0.5, 0.6) is 5.75 Å². The molecule has 0 spiro atoms. The van der Waals surface area contributed by atoms with E-state index >= 15 is 0 Å². The normalized spacial score (nSPS) is 13.5. The molecule has 1 aliphatic heterocycles. The average molecular weight is 374 g/mol. The zero-order valence-corrected chi connectivity index (χ0v) is 16.3. The monoisotopic (exact) mass is 374 g/mol. The lowest BCUT2D eigenvalue weighted by Gasteiger charge is -2.18. The highest BCUT2D eigenvalue weighted by Crippen LogP contribution is 2.25. The summed E-state index contributed by atoms with van der Waals surface area (Å²) in [5, 5.41) is 3.41. The number of benzene rings is 2. The third-order valence-electron chi connectivity index (χ3n) is 5.04. The van der Waals surface area contributed by atoms with E-state index in [0.717, 1.165) is 48.9 Å². The molecule has 0 atom stereocenters. The number of hydrogen-bond acceptors (Lipinski definition) is 5. The molecule has 0 bridgehead atoms. The third-order valence-corrected chi connectivity index (χ3v) is 5.04. The van der Waals surface area contributed by atoms with E-state index in [0.29, 0.717) is 5.95 Å². The molecule has 0 saturated carbocycles. The van der Waals surface area contributed by atoms with Crippen molar-refractivity contribution in [3.63, 3.8) is 0 Å². The minimum absolute atomic E-state index is 0.686. The van der Waals surface area contributed by atoms with Gasteiger partial charge in [0.1, 0.15) is 11.6 Å². The Morgan fingerprint density at radius 3 is 2.57 bits per heavy atom. The van der Waals surface area contributed by atoms with Gasteiger partial charge in [-0.15, -0.1) is 0 Å². The Morgan fingerprint density at radius 1 is 0.964 bits per heavy atom. The van der Waals surface area contributed by atoms with Crippen LogP contribution in [-0.2, 0) is 6.42 Å². The highest BCUT2D eigenvalue weighted by atomic mass is 16.5. The summed E-state index contributed by atoms with van der Waals surface area (Å²) in [5.74, 6) is 2.58. The van der Waals surface area contributed by atoms with Crippen molar-refractivity contribution in [3.05, 3.63) is 66.2 Å². The van der Waals surface area contributed by atoms with Crippen molar-refractivity contribution in [2.24, 2.45) is 0 Å². The molecular weight excluding hydrogens is 348 g/mol. The number of methoxy groups -OCH3 is 1. The van der Waals surface area contributed by atoms with Gasteiger partial charge in [0, 0.05) is 31.3 Å². The van der Waals surface area contributed by atoms with E-state index in [9.17, 15) is 0 Å². The lowest BCUT2D eigenvalue weighted by Crippen LogP contribution is -2.20. The largest absolute Gasteiger partial charge is 0.497 e. The second-order valence-electron chi connectivity index (χ2n) is 7.02. The molecule has 144 valence electrons. The number of nitrogens with zero attached hydrogens (tertiary/aromatic N) is 3. The van der Waals surface area contributed by atoms with Crippen molar-refractivity contribution in [2.75, 3.05) is 37.0 Å². The average Bonchev–Trinajstić information content (AvgIpc) is 3.29. The predicted molar refractivity (Wildman–Crippen MR) is 114 cm³/mol. The van der Waals surface area contributed by atoms with E-state index in [-0.39, 0.29) is 0 Å². The van der Waals surface area contributed by atoms with Gasteiger partial charge >= 0.3 is 0 Å². The quantitative estimate of drug-likeness (QED) is 0.664. The first-order chi connectivity index (χ1) is 13.8. The van der Waals surface area contributed by atoms with Gasteiger partial charge in [-0.1, -0.05) is 42.5 Å². The molecule has 5 nitrogen and oxygen atoms in total. The van der Waals surface area contributed by atoms with E-state index in [2.05, 4.69) is 40.5 Å². The molecule has 1 saturated heterocycles. The van der Waals surface area contributed by atoms with Gasteiger partial charge in [-0.25, -0.2) is 4.98 Å². The van der Waals surface area contributed by atoms with Crippen molar-refractivity contribution in [1.82, 2.24) is 9.97 Å². The fourth-order valence-electron chi connectivity index (χ4n) is 3.53. The summed E-state index contributed by atoms with van der Waals surface area (Å²) in [7, 11) is 1.69. The van der Waals surface area contributed by atoms with Gasteiger partial charge in [-0.05, 0) is 37.0 Å². The summed E-state index contributed by atoms with van der Waals surface area (Å²) in [6, 6.07) is 20.6. The summed E-state index contributed by atoms with van der Waals surface area (Å²) < 4.78 is 5.31. The number of ether oxygens (including phenoxy) is 1. The SMILES string of the molecule is COc1cccc(CCNc2nc(-c3ccccc3)cc(N3CCCC3)n2)c1. The van der Waals surface area contributed by atoms with Gasteiger partial charge in [-0.3, -0.25) is 0 Å². The van der Waals surface area contributed by atoms with Gasteiger partial charge in [0.2, 0.25) is 5.95 Å². The molecule has 2 aromatic carbocycles. The van der Waals surface area contributed by atoms with Crippen molar-refractivity contribution in [1.29, 1.82) is 0 Å². The first-order valence-electron chi connectivity index (χ1n) is 9.88. The van der Waals surface area contributed by atoms with Gasteiger partial charge in [0.05, 0.1) is 12.8 Å². The molecular formula is C23H26N4O. The van der Waals surface area contributed by atoms with Gasteiger partial charge < -0.3 is 15.0 Å². The van der Waals surface area contributed by atoms with Crippen molar-refractivity contribution in [3.8, 4) is 17.0 Å². The van der Waals surface area contributed by atoms with Gasteiger partial charge in [0.15, 0.2) is 0 Å². The summed E-state index contributed by atoms with van der Waals surface area (Å²) in [4.78, 5) is 11.9. The number of hydrogen-bond donors (Lipinski definition) is 1. The number of anilines is 2. The van der Waals surface area contributed by atoms with Crippen LogP contribution >= 0.6 is 0 Å². The van der Waals surface area contributed by atoms with Crippen LogP contribution in [0.15, 0.2) is 60.7 Å². The van der Waals surface area contributed by atoms with Crippen LogP contribution in [0.1, 0.15) is 18.4 Å². The highest BCUT2D eigenvalue weighted by Gasteiger charge is 2.16. The topological polar surface area (TPSA) is 50.3 Å². The standard InChI is InChI=1S/C23H26N4O/c1-28-20-11-7-8-18(16-20)12-13-24-23-25-21(19-9-3-2-4-10-19)17-22(26-23)27-14-5-6-15-27/h2-4,7-11,16-17H,5-6,12-15H2,1H3,(H,24,25,26). The molecule has 0 amide bonds. The van der Waals surface area contributed by atoms with Crippen LogP contribution in [-0.4, -0.2) is 36.7 Å². The third kappa shape index (κ3) is 4.42. The van der Waals surface area contributed by atoms with Crippen LogP contribution in [0.25, 0.3) is 11.3 Å². The lowest BCUT2D eigenvalue weighted by molar-refractivity contribution is 0.414. The second kappa shape index (κ2) is 8.74. The van der Waals surface area contributed by atoms with Crippen LogP contribution in [0.2, 0.25) is 0 Å². The van der Waals surface area contributed by atoms with Crippen molar-refractivity contribution >= 4 is 11.8 Å². The molecule has 0 radical (unpaired) electrons. The Hall–Kier alpha value is -3.08. The van der Waals surface area contributed by atoms with Gasteiger partial charge in [-0.2, -0.15) is 4.98 Å². The Labute approximate surface area is 166 Å². The van der Waals surface area contributed by atoms with E-state index in [4.69, 9.17) is 14.7 Å². The molecule has 0 unspecified atom stereocenters. The number of rotatable bonds is 7. The Balaban J connectivity index is 1.52. The Morgan fingerprint density at radius 2 is 1.79 bits per heavy atom. The maximum atomic E-state index is 5.31. The minimum atomic E-state index is 0.686. The molecule has 28 heavy (non-hydrogen) atoms. The molecule has 1 aliphatic rings. The summed E-state index contributed by atoms with van der Waals surface area (Å²) in [6.45, 7) is 2.90. The minimum Gasteiger partial charge on any atom is -0.497 e. The molecule has 1 fully saturated rings. The maximum absolute atomic E-state index is 5.31. The second-order valence-corrected chi connectivity index (χ2v) is 7.02. The highest BCUT2D eigenvalue weighted by molar-refractivity contribution is 5.65. The molecule has 4 rings (SSSR count). The maximum Gasteiger partial charge on any atom is 0.225 e. The van der Waals surface area contributed by atoms with Crippen molar-refractivity contribution < 1.29 is 4.74 Å². The van der Waals surface area contributed by atoms with Gasteiger partial charge in [0.25, 0.3) is 0 Å². The Kier molecular flexibility index (Phi) is 5.71. The van der Waals surface area contributed by atoms with E-state index in [1.54, 1.807) is 7.11 Å². The van der Waals surface area contributed by atoms with E-state index < -0.39 is 0 Å². The molecule has 5 heteroatoms. The fraction of sp³-hybridized carbons (Fsp3) is 0.304. The van der Waals surface area contributed by atoms with Crippen LogP contribution in [0, 0.1) is 0 Å². The first kappa shape index (κ1) is 18.3. The smallest absolute Gasteiger partial charge is 0.225 e. The van der Waals surface area contributed by atoms with Crippen LogP contribution in [0.4, 0.5) is 11.8 Å². The van der Waals surface area contributed by atoms with E-state index in [1.807, 2.05) is 30.3 Å².